The Bertz CT molecular complexity index is 278. The van der Waals surface area contributed by atoms with Gasteiger partial charge in [0.15, 0.2) is 0 Å². The van der Waals surface area contributed by atoms with Gasteiger partial charge in [-0.3, -0.25) is 0 Å². The minimum Gasteiger partial charge on any atom is -0.394 e. The van der Waals surface area contributed by atoms with Gasteiger partial charge in [-0.1, -0.05) is 117 Å². The summed E-state index contributed by atoms with van der Waals surface area (Å²) in [6.45, 7) is 9.53. The summed E-state index contributed by atoms with van der Waals surface area (Å²) in [5.41, 5.74) is 4.85. The Kier molecular flexibility index (Phi) is 29.8. The first-order valence-corrected chi connectivity index (χ1v) is 12.9. The fraction of sp³-hybridized carbons (Fsp3) is 1.00. The maximum absolute atomic E-state index is 9.50. The van der Waals surface area contributed by atoms with Gasteiger partial charge >= 0.3 is 0 Å². The van der Waals surface area contributed by atoms with Crippen LogP contribution in [0.1, 0.15) is 124 Å². The molecule has 0 aromatic heterocycles. The highest BCUT2D eigenvalue weighted by Gasteiger charge is 2.08. The second-order valence-corrected chi connectivity index (χ2v) is 8.44. The average molecular weight is 417 g/mol. The summed E-state index contributed by atoms with van der Waals surface area (Å²) >= 11 is 0. The first kappa shape index (κ1) is 31.0. The Morgan fingerprint density at radius 3 is 1.31 bits per heavy atom. The van der Waals surface area contributed by atoms with Gasteiger partial charge in [0.1, 0.15) is 0 Å². The molecule has 0 heterocycles. The summed E-state index contributed by atoms with van der Waals surface area (Å²) in [4.78, 5) is 2.24. The fourth-order valence-electron chi connectivity index (χ4n) is 3.62. The lowest BCUT2D eigenvalue weighted by Crippen LogP contribution is -2.34. The van der Waals surface area contributed by atoms with Crippen molar-refractivity contribution >= 4 is 0 Å². The molecule has 0 aromatic rings. The van der Waals surface area contributed by atoms with E-state index in [-0.39, 0.29) is 6.61 Å². The Balaban J connectivity index is 0. The van der Waals surface area contributed by atoms with Crippen molar-refractivity contribution in [3.05, 3.63) is 0 Å². The van der Waals surface area contributed by atoms with Crippen LogP contribution >= 0.6 is 0 Å². The molecule has 0 aliphatic heterocycles. The Morgan fingerprint density at radius 2 is 1.00 bits per heavy atom. The van der Waals surface area contributed by atoms with Crippen LogP contribution in [-0.4, -0.2) is 54.0 Å². The average Bonchev–Trinajstić information content (AvgIpc) is 2.72. The molecular formula is C25H56N2O2. The Morgan fingerprint density at radius 1 is 0.655 bits per heavy atom. The van der Waals surface area contributed by atoms with Gasteiger partial charge in [0.2, 0.25) is 0 Å². The third-order valence-corrected chi connectivity index (χ3v) is 5.45. The van der Waals surface area contributed by atoms with E-state index in [4.69, 9.17) is 10.8 Å². The van der Waals surface area contributed by atoms with Crippen LogP contribution in [0.2, 0.25) is 0 Å². The maximum atomic E-state index is 9.50. The highest BCUT2D eigenvalue weighted by Crippen LogP contribution is 2.13. The summed E-state index contributed by atoms with van der Waals surface area (Å²) in [5.74, 6) is 0. The smallest absolute Gasteiger partial charge is 0.0897 e. The van der Waals surface area contributed by atoms with Gasteiger partial charge in [-0.15, -0.1) is 0 Å². The zero-order valence-corrected chi connectivity index (χ0v) is 20.3. The monoisotopic (exact) mass is 416 g/mol. The fourth-order valence-corrected chi connectivity index (χ4v) is 3.62. The SMILES string of the molecule is CCCCCCCCCCCCCCCCCCN(CC)CC(O)CO.CCN. The summed E-state index contributed by atoms with van der Waals surface area (Å²) in [6.07, 6.45) is 21.8. The number of aliphatic hydroxyl groups is 2. The molecule has 0 aliphatic rings. The topological polar surface area (TPSA) is 69.7 Å². The number of nitrogens with zero attached hydrogens (tertiary/aromatic N) is 1. The van der Waals surface area contributed by atoms with Gasteiger partial charge < -0.3 is 20.8 Å². The molecule has 0 aromatic carbocycles. The third kappa shape index (κ3) is 27.8. The number of nitrogens with two attached hydrogens (primary N) is 1. The van der Waals surface area contributed by atoms with Crippen molar-refractivity contribution < 1.29 is 10.2 Å². The quantitative estimate of drug-likeness (QED) is 0.204. The molecule has 0 spiro atoms. The number of hydrogen-bond donors (Lipinski definition) is 3. The van der Waals surface area contributed by atoms with Crippen molar-refractivity contribution in [2.75, 3.05) is 32.8 Å². The number of rotatable bonds is 21. The molecule has 0 saturated heterocycles. The third-order valence-electron chi connectivity index (χ3n) is 5.45. The molecule has 29 heavy (non-hydrogen) atoms. The minimum atomic E-state index is -0.587. The largest absolute Gasteiger partial charge is 0.394 e. The summed E-state index contributed by atoms with van der Waals surface area (Å²) in [6, 6.07) is 0. The van der Waals surface area contributed by atoms with Crippen LogP contribution in [0, 0.1) is 0 Å². The van der Waals surface area contributed by atoms with Gasteiger partial charge in [0, 0.05) is 6.54 Å². The summed E-state index contributed by atoms with van der Waals surface area (Å²) in [7, 11) is 0. The van der Waals surface area contributed by atoms with Crippen molar-refractivity contribution in [1.82, 2.24) is 4.90 Å². The molecule has 0 fully saturated rings. The first-order valence-electron chi connectivity index (χ1n) is 12.9. The van der Waals surface area contributed by atoms with Crippen molar-refractivity contribution in [2.45, 2.75) is 130 Å². The van der Waals surface area contributed by atoms with Gasteiger partial charge in [-0.05, 0) is 26.1 Å². The molecule has 4 N–H and O–H groups in total. The van der Waals surface area contributed by atoms with E-state index in [1.165, 1.54) is 103 Å². The predicted octanol–water partition coefficient (Wildman–Crippen LogP) is 5.89. The molecule has 0 saturated carbocycles. The van der Waals surface area contributed by atoms with E-state index in [2.05, 4.69) is 18.7 Å². The van der Waals surface area contributed by atoms with Crippen LogP contribution in [0.5, 0.6) is 0 Å². The number of likely N-dealkylation sites (N-methyl/N-ethyl adjacent to an activating group) is 1. The zero-order chi connectivity index (χ0) is 22.0. The number of hydrogen-bond acceptors (Lipinski definition) is 4. The van der Waals surface area contributed by atoms with Crippen molar-refractivity contribution in [2.24, 2.45) is 5.73 Å². The van der Waals surface area contributed by atoms with Crippen LogP contribution in [-0.2, 0) is 0 Å². The van der Waals surface area contributed by atoms with Gasteiger partial charge in [-0.2, -0.15) is 0 Å². The second-order valence-electron chi connectivity index (χ2n) is 8.44. The van der Waals surface area contributed by atoms with Crippen LogP contribution in [0.15, 0.2) is 0 Å². The molecule has 0 aliphatic carbocycles. The lowest BCUT2D eigenvalue weighted by atomic mass is 10.0. The van der Waals surface area contributed by atoms with E-state index in [9.17, 15) is 5.11 Å². The Labute approximate surface area is 183 Å². The van der Waals surface area contributed by atoms with E-state index in [0.29, 0.717) is 6.54 Å². The summed E-state index contributed by atoms with van der Waals surface area (Å²) in [5, 5.41) is 18.4. The van der Waals surface area contributed by atoms with E-state index in [1.54, 1.807) is 0 Å². The molecule has 178 valence electrons. The van der Waals surface area contributed by atoms with Crippen molar-refractivity contribution in [3.8, 4) is 0 Å². The summed E-state index contributed by atoms with van der Waals surface area (Å²) < 4.78 is 0. The van der Waals surface area contributed by atoms with Gasteiger partial charge in [0.05, 0.1) is 12.7 Å². The molecule has 4 heteroatoms. The highest BCUT2D eigenvalue weighted by atomic mass is 16.3. The molecule has 0 bridgehead atoms. The second kappa shape index (κ2) is 27.8. The normalized spacial score (nSPS) is 12.1. The van der Waals surface area contributed by atoms with Crippen LogP contribution in [0.3, 0.4) is 0 Å². The van der Waals surface area contributed by atoms with Crippen molar-refractivity contribution in [1.29, 1.82) is 0 Å². The van der Waals surface area contributed by atoms with Crippen molar-refractivity contribution in [3.63, 3.8) is 0 Å². The van der Waals surface area contributed by atoms with E-state index in [1.807, 2.05) is 6.92 Å². The first-order chi connectivity index (χ1) is 14.2. The molecular weight excluding hydrogens is 360 g/mol. The van der Waals surface area contributed by atoms with Gasteiger partial charge in [-0.25, -0.2) is 0 Å². The van der Waals surface area contributed by atoms with Gasteiger partial charge in [0.25, 0.3) is 0 Å². The van der Waals surface area contributed by atoms with Crippen LogP contribution in [0.4, 0.5) is 0 Å². The Hall–Kier alpha value is -0.160. The van der Waals surface area contributed by atoms with Crippen LogP contribution in [0.25, 0.3) is 0 Å². The molecule has 4 nitrogen and oxygen atoms in total. The lowest BCUT2D eigenvalue weighted by Gasteiger charge is -2.22. The van der Waals surface area contributed by atoms with Crippen LogP contribution < -0.4 is 5.73 Å². The molecule has 0 rings (SSSR count). The molecule has 1 atom stereocenters. The highest BCUT2D eigenvalue weighted by molar-refractivity contribution is 4.62. The molecule has 1 unspecified atom stereocenters. The lowest BCUT2D eigenvalue weighted by molar-refractivity contribution is 0.0602. The number of aliphatic hydroxyl groups excluding tert-OH is 2. The van der Waals surface area contributed by atoms with E-state index >= 15 is 0 Å². The number of unbranched alkanes of at least 4 members (excludes halogenated alkanes) is 15. The standard InChI is InChI=1S/C23H49NO2.C2H7N/c1-3-5-6-7-8-9-10-11-12-13-14-15-16-17-18-19-20-24(4-2)21-23(26)22-25;1-2-3/h23,25-26H,3-22H2,1-2H3;2-3H2,1H3. The zero-order valence-electron chi connectivity index (χ0n) is 20.3. The molecule has 0 radical (unpaired) electrons. The van der Waals surface area contributed by atoms with E-state index in [0.717, 1.165) is 19.6 Å². The molecule has 0 amide bonds. The minimum absolute atomic E-state index is 0.130. The van der Waals surface area contributed by atoms with E-state index < -0.39 is 6.10 Å². The predicted molar refractivity (Wildman–Crippen MR) is 129 cm³/mol. The maximum Gasteiger partial charge on any atom is 0.0897 e.